The molecular weight excluding hydrogens is 273 g/mol. The highest BCUT2D eigenvalue weighted by atomic mass is 19.1. The number of hydrogen-bond donors (Lipinski definition) is 1. The van der Waals surface area contributed by atoms with Crippen molar-refractivity contribution in [2.75, 3.05) is 0 Å². The third kappa shape index (κ3) is 5.21. The van der Waals surface area contributed by atoms with Crippen molar-refractivity contribution >= 4 is 0 Å². The molecule has 1 heterocycles. The van der Waals surface area contributed by atoms with E-state index in [0.29, 0.717) is 11.6 Å². The Kier molecular flexibility index (Phi) is 7.11. The number of hydrogen-bond acceptors (Lipinski definition) is 1. The second-order valence-corrected chi connectivity index (χ2v) is 5.16. The summed E-state index contributed by atoms with van der Waals surface area (Å²) in [4.78, 5) is 0. The minimum Gasteiger partial charge on any atom is -0.354 e. The Balaban J connectivity index is 3.30. The first-order valence-corrected chi connectivity index (χ1v) is 7.34. The molecule has 0 saturated carbocycles. The largest absolute Gasteiger partial charge is 0.354 e. The SMILES string of the molecule is C=CC1=C(\C=C/C)C(C)C/C=C\C=C(\F)C(=C)NC(=C)/C=C\1. The highest BCUT2D eigenvalue weighted by Crippen LogP contribution is 2.23. The first-order chi connectivity index (χ1) is 10.5. The van der Waals surface area contributed by atoms with Gasteiger partial charge in [-0.15, -0.1) is 0 Å². The molecule has 116 valence electrons. The highest BCUT2D eigenvalue weighted by molar-refractivity contribution is 5.43. The molecule has 22 heavy (non-hydrogen) atoms. The standard InChI is InChI=1S/C20H24FN/c1-6-10-19-15(3)11-8-9-12-20(21)17(5)22-16(4)13-14-18(19)7-2/h6-10,12-15,22H,2,4-5,11H2,1,3H3/b9-8-,10-6-,14-13-,19-18-,20-12+. The molecular formula is C20H24FN. The molecule has 1 aliphatic heterocycles. The summed E-state index contributed by atoms with van der Waals surface area (Å²) in [5.74, 6) is -0.102. The summed E-state index contributed by atoms with van der Waals surface area (Å²) in [6, 6.07) is 0. The average molecular weight is 297 g/mol. The van der Waals surface area contributed by atoms with Crippen LogP contribution in [0.4, 0.5) is 4.39 Å². The predicted molar refractivity (Wildman–Crippen MR) is 94.7 cm³/mol. The van der Waals surface area contributed by atoms with Crippen molar-refractivity contribution in [2.24, 2.45) is 5.92 Å². The van der Waals surface area contributed by atoms with E-state index in [1.165, 1.54) is 11.6 Å². The number of rotatable bonds is 2. The molecule has 0 bridgehead atoms. The molecule has 1 atom stereocenters. The fourth-order valence-corrected chi connectivity index (χ4v) is 2.16. The van der Waals surface area contributed by atoms with Gasteiger partial charge in [0.25, 0.3) is 0 Å². The van der Waals surface area contributed by atoms with Crippen LogP contribution in [0.1, 0.15) is 20.3 Å². The molecule has 0 saturated heterocycles. The van der Waals surface area contributed by atoms with E-state index in [9.17, 15) is 4.39 Å². The summed E-state index contributed by atoms with van der Waals surface area (Å²) in [5, 5.41) is 2.84. The molecule has 2 heteroatoms. The maximum atomic E-state index is 13.8. The molecule has 0 amide bonds. The summed E-state index contributed by atoms with van der Waals surface area (Å²) >= 11 is 0. The topological polar surface area (TPSA) is 12.0 Å². The molecule has 0 radical (unpaired) electrons. The first-order valence-electron chi connectivity index (χ1n) is 7.34. The molecule has 0 aromatic rings. The normalized spacial score (nSPS) is 29.6. The Morgan fingerprint density at radius 2 is 2.05 bits per heavy atom. The minimum atomic E-state index is -0.400. The van der Waals surface area contributed by atoms with Crippen molar-refractivity contribution in [1.29, 1.82) is 0 Å². The lowest BCUT2D eigenvalue weighted by Crippen LogP contribution is -2.09. The van der Waals surface area contributed by atoms with Crippen LogP contribution in [-0.4, -0.2) is 0 Å². The smallest absolute Gasteiger partial charge is 0.146 e. The van der Waals surface area contributed by atoms with Crippen LogP contribution in [0.2, 0.25) is 0 Å². The van der Waals surface area contributed by atoms with E-state index < -0.39 is 5.83 Å². The number of allylic oxidation sites excluding steroid dienone is 11. The predicted octanol–water partition coefficient (Wildman–Crippen LogP) is 5.67. The summed E-state index contributed by atoms with van der Waals surface area (Å²) in [7, 11) is 0. The number of nitrogens with one attached hydrogen (secondary N) is 1. The molecule has 1 rings (SSSR count). The lowest BCUT2D eigenvalue weighted by molar-refractivity contribution is 0.637. The summed E-state index contributed by atoms with van der Waals surface area (Å²) in [6.07, 6.45) is 15.6. The van der Waals surface area contributed by atoms with Crippen molar-refractivity contribution in [3.05, 3.63) is 96.7 Å². The van der Waals surface area contributed by atoms with Gasteiger partial charge in [0.1, 0.15) is 5.83 Å². The summed E-state index contributed by atoms with van der Waals surface area (Å²) < 4.78 is 13.8. The van der Waals surface area contributed by atoms with Gasteiger partial charge in [-0.3, -0.25) is 0 Å². The third-order valence-corrected chi connectivity index (χ3v) is 3.36. The summed E-state index contributed by atoms with van der Waals surface area (Å²) in [6.45, 7) is 15.6. The van der Waals surface area contributed by atoms with Gasteiger partial charge in [-0.05, 0) is 42.6 Å². The Morgan fingerprint density at radius 1 is 1.32 bits per heavy atom. The maximum Gasteiger partial charge on any atom is 0.146 e. The number of halogens is 1. The van der Waals surface area contributed by atoms with Crippen LogP contribution in [0, 0.1) is 5.92 Å². The highest BCUT2D eigenvalue weighted by Gasteiger charge is 2.08. The van der Waals surface area contributed by atoms with Crippen molar-refractivity contribution in [2.45, 2.75) is 20.3 Å². The molecule has 0 fully saturated rings. The van der Waals surface area contributed by atoms with Gasteiger partial charge in [-0.2, -0.15) is 0 Å². The van der Waals surface area contributed by atoms with Crippen molar-refractivity contribution in [3.63, 3.8) is 0 Å². The van der Waals surface area contributed by atoms with E-state index >= 15 is 0 Å². The van der Waals surface area contributed by atoms with Crippen LogP contribution in [0.3, 0.4) is 0 Å². The lowest BCUT2D eigenvalue weighted by atomic mass is 9.92. The maximum absolute atomic E-state index is 13.8. The van der Waals surface area contributed by atoms with E-state index in [2.05, 4.69) is 38.1 Å². The summed E-state index contributed by atoms with van der Waals surface area (Å²) in [5.41, 5.74) is 2.99. The van der Waals surface area contributed by atoms with Crippen LogP contribution in [0.25, 0.3) is 0 Å². The fourth-order valence-electron chi connectivity index (χ4n) is 2.16. The zero-order valence-electron chi connectivity index (χ0n) is 13.4. The van der Waals surface area contributed by atoms with Gasteiger partial charge in [0, 0.05) is 5.70 Å². The van der Waals surface area contributed by atoms with E-state index in [0.717, 1.165) is 12.0 Å². The first kappa shape index (κ1) is 17.7. The zero-order valence-corrected chi connectivity index (χ0v) is 13.4. The molecule has 1 nitrogen and oxygen atoms in total. The molecule has 1 N–H and O–H groups in total. The van der Waals surface area contributed by atoms with E-state index in [1.807, 2.05) is 31.2 Å². The van der Waals surface area contributed by atoms with Crippen molar-refractivity contribution in [1.82, 2.24) is 5.32 Å². The van der Waals surface area contributed by atoms with Gasteiger partial charge < -0.3 is 5.32 Å². The van der Waals surface area contributed by atoms with E-state index in [4.69, 9.17) is 0 Å². The van der Waals surface area contributed by atoms with Crippen LogP contribution in [-0.2, 0) is 0 Å². The monoisotopic (exact) mass is 297 g/mol. The van der Waals surface area contributed by atoms with E-state index in [1.54, 1.807) is 12.2 Å². The van der Waals surface area contributed by atoms with Crippen LogP contribution >= 0.6 is 0 Å². The van der Waals surface area contributed by atoms with Gasteiger partial charge in [-0.25, -0.2) is 4.39 Å². The quantitative estimate of drug-likeness (QED) is 0.692. The van der Waals surface area contributed by atoms with Gasteiger partial charge in [-0.1, -0.05) is 63.1 Å². The Bertz CT molecular complexity index is 597. The van der Waals surface area contributed by atoms with Crippen LogP contribution in [0.15, 0.2) is 96.7 Å². The second kappa shape index (κ2) is 8.83. The fraction of sp³-hybridized carbons (Fsp3) is 0.200. The molecule has 1 unspecified atom stereocenters. The van der Waals surface area contributed by atoms with Gasteiger partial charge >= 0.3 is 0 Å². The zero-order chi connectivity index (χ0) is 16.5. The minimum absolute atomic E-state index is 0.199. The Morgan fingerprint density at radius 3 is 2.68 bits per heavy atom. The lowest BCUT2D eigenvalue weighted by Gasteiger charge is -2.14. The molecule has 0 aromatic carbocycles. The van der Waals surface area contributed by atoms with Gasteiger partial charge in [0.05, 0.1) is 5.70 Å². The van der Waals surface area contributed by atoms with Crippen molar-refractivity contribution in [3.8, 4) is 0 Å². The third-order valence-electron chi connectivity index (χ3n) is 3.36. The molecule has 1 aliphatic rings. The average Bonchev–Trinajstić information content (AvgIpc) is 2.50. The Labute approximate surface area is 133 Å². The molecule has 0 aliphatic carbocycles. The van der Waals surface area contributed by atoms with E-state index in [-0.39, 0.29) is 5.70 Å². The second-order valence-electron chi connectivity index (χ2n) is 5.16. The van der Waals surface area contributed by atoms with Gasteiger partial charge in [0.15, 0.2) is 0 Å². The molecule has 0 spiro atoms. The Hall–Kier alpha value is -2.35. The van der Waals surface area contributed by atoms with Crippen LogP contribution in [0.5, 0.6) is 0 Å². The molecule has 0 aromatic heterocycles. The van der Waals surface area contributed by atoms with Crippen LogP contribution < -0.4 is 5.32 Å². The van der Waals surface area contributed by atoms with Crippen molar-refractivity contribution < 1.29 is 4.39 Å². The van der Waals surface area contributed by atoms with Gasteiger partial charge in [0.2, 0.25) is 0 Å².